The molecule has 0 spiro atoms. The van der Waals surface area contributed by atoms with Crippen molar-refractivity contribution in [2.45, 2.75) is 53.4 Å². The number of aliphatic hydroxyl groups excluding tert-OH is 2. The maximum absolute atomic E-state index is 12.3. The molecule has 30 heavy (non-hydrogen) atoms. The van der Waals surface area contributed by atoms with Gasteiger partial charge in [-0.05, 0) is 29.0 Å². The molecule has 0 aromatic heterocycles. The molecule has 0 radical (unpaired) electrons. The summed E-state index contributed by atoms with van der Waals surface area (Å²) in [6, 6.07) is 6.99. The van der Waals surface area contributed by atoms with E-state index < -0.39 is 0 Å². The minimum atomic E-state index is -0.251. The SMILES string of the molecule is CC1(C)CC(=O)C(C=Nc2cccc(N=CC3=C(O)CC(C)(C)CC3=O)c2)=C(O)C1. The van der Waals surface area contributed by atoms with E-state index in [1.54, 1.807) is 24.3 Å². The second-order valence-electron chi connectivity index (χ2n) is 9.64. The number of carbonyl (C=O) groups excluding carboxylic acids is 2. The van der Waals surface area contributed by atoms with Crippen molar-refractivity contribution in [3.8, 4) is 0 Å². The highest BCUT2D eigenvalue weighted by molar-refractivity contribution is 6.15. The number of aliphatic hydroxyl groups is 2. The number of Topliss-reactive ketones (excluding diaryl/α,β-unsaturated/α-hetero) is 2. The summed E-state index contributed by atoms with van der Waals surface area (Å²) in [7, 11) is 0. The summed E-state index contributed by atoms with van der Waals surface area (Å²) in [5, 5.41) is 20.4. The van der Waals surface area contributed by atoms with Crippen LogP contribution < -0.4 is 0 Å². The molecule has 0 heterocycles. The van der Waals surface area contributed by atoms with Gasteiger partial charge < -0.3 is 10.2 Å². The zero-order valence-corrected chi connectivity index (χ0v) is 17.9. The van der Waals surface area contributed by atoms with Crippen molar-refractivity contribution in [2.75, 3.05) is 0 Å². The summed E-state index contributed by atoms with van der Waals surface area (Å²) in [6.07, 6.45) is 4.41. The van der Waals surface area contributed by atoms with Gasteiger partial charge in [0.15, 0.2) is 11.6 Å². The highest BCUT2D eigenvalue weighted by atomic mass is 16.3. The fourth-order valence-electron chi connectivity index (χ4n) is 3.83. The van der Waals surface area contributed by atoms with E-state index in [2.05, 4.69) is 9.98 Å². The number of hydrogen-bond donors (Lipinski definition) is 2. The third-order valence-corrected chi connectivity index (χ3v) is 5.31. The maximum atomic E-state index is 12.3. The van der Waals surface area contributed by atoms with E-state index in [1.807, 2.05) is 27.7 Å². The molecular weight excluding hydrogens is 380 g/mol. The van der Waals surface area contributed by atoms with Crippen LogP contribution in [0.1, 0.15) is 53.4 Å². The first-order valence-electron chi connectivity index (χ1n) is 10.0. The number of allylic oxidation sites excluding steroid dienone is 4. The van der Waals surface area contributed by atoms with Crippen LogP contribution >= 0.6 is 0 Å². The van der Waals surface area contributed by atoms with Crippen LogP contribution in [0.25, 0.3) is 0 Å². The van der Waals surface area contributed by atoms with E-state index in [1.165, 1.54) is 12.4 Å². The van der Waals surface area contributed by atoms with Crippen LogP contribution in [0.15, 0.2) is 56.9 Å². The van der Waals surface area contributed by atoms with Gasteiger partial charge in [0, 0.05) is 38.1 Å². The lowest BCUT2D eigenvalue weighted by molar-refractivity contribution is -0.118. The van der Waals surface area contributed by atoms with E-state index in [-0.39, 0.29) is 45.1 Å². The van der Waals surface area contributed by atoms with Gasteiger partial charge in [-0.25, -0.2) is 0 Å². The predicted molar refractivity (Wildman–Crippen MR) is 118 cm³/mol. The summed E-state index contributed by atoms with van der Waals surface area (Å²) >= 11 is 0. The molecule has 158 valence electrons. The molecule has 0 amide bonds. The summed E-state index contributed by atoms with van der Waals surface area (Å²) in [6.45, 7) is 7.78. The summed E-state index contributed by atoms with van der Waals surface area (Å²) in [5.74, 6) is -0.115. The van der Waals surface area contributed by atoms with E-state index in [0.29, 0.717) is 37.1 Å². The van der Waals surface area contributed by atoms with Crippen LogP contribution in [0, 0.1) is 10.8 Å². The average molecular weight is 408 g/mol. The van der Waals surface area contributed by atoms with Gasteiger partial charge in [0.1, 0.15) is 11.5 Å². The van der Waals surface area contributed by atoms with Crippen molar-refractivity contribution >= 4 is 35.4 Å². The van der Waals surface area contributed by atoms with Gasteiger partial charge in [-0.3, -0.25) is 19.6 Å². The molecule has 2 aliphatic rings. The third-order valence-electron chi connectivity index (χ3n) is 5.31. The predicted octanol–water partition coefficient (Wildman–Crippen LogP) is 5.49. The Kier molecular flexibility index (Phi) is 5.79. The second-order valence-corrected chi connectivity index (χ2v) is 9.64. The topological polar surface area (TPSA) is 99.3 Å². The first kappa shape index (κ1) is 21.7. The molecule has 0 bridgehead atoms. The first-order chi connectivity index (χ1) is 14.0. The summed E-state index contributed by atoms with van der Waals surface area (Å²) in [5.41, 5.74) is 1.12. The largest absolute Gasteiger partial charge is 0.511 e. The number of rotatable bonds is 4. The van der Waals surface area contributed by atoms with Crippen molar-refractivity contribution in [1.29, 1.82) is 0 Å². The van der Waals surface area contributed by atoms with Gasteiger partial charge >= 0.3 is 0 Å². The van der Waals surface area contributed by atoms with Gasteiger partial charge in [-0.1, -0.05) is 33.8 Å². The minimum absolute atomic E-state index is 0.0651. The van der Waals surface area contributed by atoms with Crippen LogP contribution in [-0.4, -0.2) is 34.2 Å². The fraction of sp³-hybridized carbons (Fsp3) is 0.417. The molecule has 0 saturated heterocycles. The van der Waals surface area contributed by atoms with Crippen LogP contribution in [0.5, 0.6) is 0 Å². The Hall–Kier alpha value is -3.02. The minimum Gasteiger partial charge on any atom is -0.511 e. The van der Waals surface area contributed by atoms with Crippen molar-refractivity contribution in [3.63, 3.8) is 0 Å². The maximum Gasteiger partial charge on any atom is 0.168 e. The van der Waals surface area contributed by atoms with Crippen LogP contribution in [0.4, 0.5) is 11.4 Å². The molecule has 3 rings (SSSR count). The Morgan fingerprint density at radius 3 is 1.53 bits per heavy atom. The quantitative estimate of drug-likeness (QED) is 0.643. The summed E-state index contributed by atoms with van der Waals surface area (Å²) < 4.78 is 0. The van der Waals surface area contributed by atoms with E-state index in [9.17, 15) is 19.8 Å². The lowest BCUT2D eigenvalue weighted by Gasteiger charge is -2.28. The number of ketones is 2. The molecule has 6 heteroatoms. The van der Waals surface area contributed by atoms with Crippen molar-refractivity contribution in [1.82, 2.24) is 0 Å². The number of aliphatic imine (C=N–C) groups is 2. The molecule has 2 aliphatic carbocycles. The van der Waals surface area contributed by atoms with Gasteiger partial charge in [-0.15, -0.1) is 0 Å². The number of benzene rings is 1. The van der Waals surface area contributed by atoms with Gasteiger partial charge in [0.05, 0.1) is 22.5 Å². The molecule has 1 aromatic carbocycles. The lowest BCUT2D eigenvalue weighted by Crippen LogP contribution is -2.26. The average Bonchev–Trinajstić information content (AvgIpc) is 2.58. The number of nitrogens with zero attached hydrogens (tertiary/aromatic N) is 2. The van der Waals surface area contributed by atoms with Crippen molar-refractivity contribution < 1.29 is 19.8 Å². The molecule has 0 fully saturated rings. The Morgan fingerprint density at radius 1 is 0.767 bits per heavy atom. The first-order valence-corrected chi connectivity index (χ1v) is 10.0. The van der Waals surface area contributed by atoms with Crippen molar-refractivity contribution in [2.24, 2.45) is 20.8 Å². The number of carbonyl (C=O) groups is 2. The normalized spacial score (nSPS) is 21.9. The molecule has 0 saturated carbocycles. The van der Waals surface area contributed by atoms with Crippen LogP contribution in [0.3, 0.4) is 0 Å². The van der Waals surface area contributed by atoms with Gasteiger partial charge in [0.2, 0.25) is 0 Å². The molecular formula is C24H28N2O4. The molecule has 0 atom stereocenters. The Balaban J connectivity index is 1.79. The van der Waals surface area contributed by atoms with Gasteiger partial charge in [-0.2, -0.15) is 0 Å². The zero-order chi connectivity index (χ0) is 22.1. The van der Waals surface area contributed by atoms with Crippen LogP contribution in [-0.2, 0) is 9.59 Å². The van der Waals surface area contributed by atoms with E-state index in [0.717, 1.165) is 0 Å². The third kappa shape index (κ3) is 5.12. The Labute approximate surface area is 176 Å². The Morgan fingerprint density at radius 2 is 1.17 bits per heavy atom. The Bertz CT molecular complexity index is 933. The van der Waals surface area contributed by atoms with Crippen molar-refractivity contribution in [3.05, 3.63) is 46.9 Å². The second kappa shape index (κ2) is 8.01. The highest BCUT2D eigenvalue weighted by Gasteiger charge is 2.33. The highest BCUT2D eigenvalue weighted by Crippen LogP contribution is 2.36. The molecule has 0 aliphatic heterocycles. The molecule has 2 N–H and O–H groups in total. The fourth-order valence-corrected chi connectivity index (χ4v) is 3.83. The zero-order valence-electron chi connectivity index (χ0n) is 17.9. The van der Waals surface area contributed by atoms with E-state index >= 15 is 0 Å². The van der Waals surface area contributed by atoms with Crippen LogP contribution in [0.2, 0.25) is 0 Å². The smallest absolute Gasteiger partial charge is 0.168 e. The lowest BCUT2D eigenvalue weighted by atomic mass is 9.77. The van der Waals surface area contributed by atoms with Gasteiger partial charge in [0.25, 0.3) is 0 Å². The number of hydrogen-bond acceptors (Lipinski definition) is 6. The summed E-state index contributed by atoms with van der Waals surface area (Å²) in [4.78, 5) is 33.2. The van der Waals surface area contributed by atoms with E-state index in [4.69, 9.17) is 0 Å². The molecule has 6 nitrogen and oxygen atoms in total. The monoisotopic (exact) mass is 408 g/mol. The molecule has 1 aromatic rings. The standard InChI is InChI=1S/C24H28N2O4/c1-23(2)9-19(27)17(20(28)10-23)13-25-15-6-5-7-16(8-15)26-14-18-21(29)11-24(3,4)12-22(18)30/h5-8,13-14,27,29H,9-12H2,1-4H3. The molecule has 0 unspecified atom stereocenters.